The number of hydrogen-bond acceptors (Lipinski definition) is 4. The van der Waals surface area contributed by atoms with Crippen molar-refractivity contribution in [2.24, 2.45) is 0 Å². The van der Waals surface area contributed by atoms with Gasteiger partial charge in [0.2, 0.25) is 11.8 Å². The predicted octanol–water partition coefficient (Wildman–Crippen LogP) is 2.66. The van der Waals surface area contributed by atoms with Crippen molar-refractivity contribution in [2.45, 2.75) is 52.1 Å². The molecular weight excluding hydrogens is 354 g/mol. The smallest absolute Gasteiger partial charge is 0.223 e. The molecule has 2 heterocycles. The summed E-state index contributed by atoms with van der Waals surface area (Å²) in [4.78, 5) is 31.0. The highest BCUT2D eigenvalue weighted by atomic mass is 16.5. The third kappa shape index (κ3) is 5.32. The fraction of sp³-hybridized carbons (Fsp3) is 0.636. The molecule has 0 aromatic heterocycles. The van der Waals surface area contributed by atoms with E-state index in [1.807, 2.05) is 34.1 Å². The molecule has 0 N–H and O–H groups in total. The number of fused-ring (bicyclic) bond motifs is 1. The van der Waals surface area contributed by atoms with Gasteiger partial charge in [-0.2, -0.15) is 0 Å². The number of nitrogens with zero attached hydrogens (tertiary/aromatic N) is 3. The van der Waals surface area contributed by atoms with E-state index in [-0.39, 0.29) is 11.8 Å². The number of rotatable bonds is 1. The minimum Gasteiger partial charge on any atom is -0.381 e. The quantitative estimate of drug-likeness (QED) is 0.743. The largest absolute Gasteiger partial charge is 0.381 e. The number of carbonyl (C=O) groups is 2. The average molecular weight is 388 g/mol. The van der Waals surface area contributed by atoms with Crippen LogP contribution in [-0.4, -0.2) is 67.0 Å². The molecule has 28 heavy (non-hydrogen) atoms. The van der Waals surface area contributed by atoms with Crippen molar-refractivity contribution in [2.75, 3.05) is 44.3 Å². The molecule has 2 aliphatic rings. The Kier molecular flexibility index (Phi) is 7.45. The van der Waals surface area contributed by atoms with Crippen LogP contribution in [0.2, 0.25) is 0 Å². The van der Waals surface area contributed by atoms with Gasteiger partial charge in [-0.15, -0.1) is 0 Å². The highest BCUT2D eigenvalue weighted by Crippen LogP contribution is 2.24. The first-order valence-corrected chi connectivity index (χ1v) is 10.5. The van der Waals surface area contributed by atoms with E-state index in [4.69, 9.17) is 4.74 Å². The molecule has 0 saturated carbocycles. The van der Waals surface area contributed by atoms with Crippen molar-refractivity contribution in [3.63, 3.8) is 0 Å². The van der Waals surface area contributed by atoms with Gasteiger partial charge in [0.25, 0.3) is 0 Å². The van der Waals surface area contributed by atoms with Gasteiger partial charge in [-0.3, -0.25) is 9.59 Å². The van der Waals surface area contributed by atoms with Crippen molar-refractivity contribution >= 4 is 17.5 Å². The van der Waals surface area contributed by atoms with Crippen LogP contribution in [-0.2, 0) is 20.9 Å². The van der Waals surface area contributed by atoms with Crippen LogP contribution in [0.4, 0.5) is 5.69 Å². The normalized spacial score (nSPS) is 20.8. The zero-order valence-electron chi connectivity index (χ0n) is 17.2. The summed E-state index contributed by atoms with van der Waals surface area (Å²) in [6.45, 7) is 8.85. The molecule has 154 valence electrons. The first-order chi connectivity index (χ1) is 13.6. The highest BCUT2D eigenvalue weighted by molar-refractivity contribution is 5.92. The van der Waals surface area contributed by atoms with E-state index in [9.17, 15) is 9.59 Å². The van der Waals surface area contributed by atoms with E-state index >= 15 is 0 Å². The second-order valence-corrected chi connectivity index (χ2v) is 7.83. The lowest BCUT2D eigenvalue weighted by atomic mass is 10.1. The Labute approximate surface area is 168 Å². The molecule has 0 aliphatic carbocycles. The second kappa shape index (κ2) is 10.0. The molecule has 6 heteroatoms. The zero-order chi connectivity index (χ0) is 19.9. The average Bonchev–Trinajstić information content (AvgIpc) is 2.68. The van der Waals surface area contributed by atoms with Crippen molar-refractivity contribution in [1.29, 1.82) is 0 Å². The maximum absolute atomic E-state index is 12.4. The Morgan fingerprint density at radius 1 is 0.929 bits per heavy atom. The number of ether oxygens (including phenoxy) is 1. The molecule has 0 spiro atoms. The summed E-state index contributed by atoms with van der Waals surface area (Å²) in [6.07, 6.45) is 4.04. The molecule has 2 aliphatic heterocycles. The lowest BCUT2D eigenvalue weighted by molar-refractivity contribution is -0.129. The lowest BCUT2D eigenvalue weighted by Crippen LogP contribution is -2.43. The maximum Gasteiger partial charge on any atom is 0.223 e. The second-order valence-electron chi connectivity index (χ2n) is 7.83. The molecule has 1 saturated heterocycles. The van der Waals surface area contributed by atoms with Gasteiger partial charge < -0.3 is 19.4 Å². The third-order valence-corrected chi connectivity index (χ3v) is 5.88. The van der Waals surface area contributed by atoms with Gasteiger partial charge in [0, 0.05) is 71.5 Å². The molecule has 1 aromatic carbocycles. The Morgan fingerprint density at radius 2 is 1.61 bits per heavy atom. The van der Waals surface area contributed by atoms with Crippen molar-refractivity contribution < 1.29 is 14.3 Å². The van der Waals surface area contributed by atoms with E-state index in [1.165, 1.54) is 0 Å². The molecule has 1 aromatic rings. The molecule has 0 radical (unpaired) electrons. The van der Waals surface area contributed by atoms with E-state index in [0.717, 1.165) is 69.8 Å². The van der Waals surface area contributed by atoms with Crippen molar-refractivity contribution in [3.8, 4) is 0 Å². The number of hydrogen-bond donors (Lipinski definition) is 0. The summed E-state index contributed by atoms with van der Waals surface area (Å²) >= 11 is 0. The maximum atomic E-state index is 12.4. The predicted molar refractivity (Wildman–Crippen MR) is 110 cm³/mol. The Morgan fingerprint density at radius 3 is 2.29 bits per heavy atom. The van der Waals surface area contributed by atoms with Crippen LogP contribution < -0.4 is 4.90 Å². The fourth-order valence-corrected chi connectivity index (χ4v) is 4.33. The minimum atomic E-state index is 0.0523. The summed E-state index contributed by atoms with van der Waals surface area (Å²) < 4.78 is 5.53. The van der Waals surface area contributed by atoms with Crippen molar-refractivity contribution in [3.05, 3.63) is 29.8 Å². The monoisotopic (exact) mass is 387 g/mol. The van der Waals surface area contributed by atoms with E-state index in [0.29, 0.717) is 19.1 Å². The van der Waals surface area contributed by atoms with Crippen LogP contribution in [0, 0.1) is 0 Å². The first kappa shape index (κ1) is 20.8. The third-order valence-electron chi connectivity index (χ3n) is 5.88. The number of anilines is 1. The standard InChI is InChI=1S/C22H33N3O3/c1-18(26)24-13-5-11-23(21-9-15-28-16-10-21)12-6-14-25(19(2)27)22-8-4-3-7-20(22)17-24/h3-4,7-8,21H,5-6,9-17H2,1-2H3. The Balaban J connectivity index is 1.83. The van der Waals surface area contributed by atoms with Gasteiger partial charge in [-0.25, -0.2) is 0 Å². The minimum absolute atomic E-state index is 0.0523. The zero-order valence-corrected chi connectivity index (χ0v) is 17.2. The van der Waals surface area contributed by atoms with Crippen LogP contribution in [0.1, 0.15) is 45.1 Å². The van der Waals surface area contributed by atoms with E-state index < -0.39 is 0 Å². The number of amides is 2. The van der Waals surface area contributed by atoms with Gasteiger partial charge in [-0.1, -0.05) is 18.2 Å². The molecule has 0 bridgehead atoms. The van der Waals surface area contributed by atoms with Gasteiger partial charge >= 0.3 is 0 Å². The van der Waals surface area contributed by atoms with Crippen LogP contribution >= 0.6 is 0 Å². The van der Waals surface area contributed by atoms with Crippen molar-refractivity contribution in [1.82, 2.24) is 9.80 Å². The van der Waals surface area contributed by atoms with Gasteiger partial charge in [-0.05, 0) is 37.3 Å². The molecular formula is C22H33N3O3. The summed E-state index contributed by atoms with van der Waals surface area (Å²) in [5.41, 5.74) is 1.97. The molecule has 1 fully saturated rings. The van der Waals surface area contributed by atoms with E-state index in [2.05, 4.69) is 4.90 Å². The first-order valence-electron chi connectivity index (χ1n) is 10.5. The fourth-order valence-electron chi connectivity index (χ4n) is 4.33. The number of para-hydroxylation sites is 1. The Bertz CT molecular complexity index is 673. The number of benzene rings is 1. The number of carbonyl (C=O) groups excluding carboxylic acids is 2. The van der Waals surface area contributed by atoms with E-state index in [1.54, 1.807) is 13.8 Å². The molecule has 3 rings (SSSR count). The highest BCUT2D eigenvalue weighted by Gasteiger charge is 2.24. The Hall–Kier alpha value is -1.92. The lowest BCUT2D eigenvalue weighted by Gasteiger charge is -2.36. The van der Waals surface area contributed by atoms with Gasteiger partial charge in [0.05, 0.1) is 0 Å². The van der Waals surface area contributed by atoms with Crippen LogP contribution in [0.25, 0.3) is 0 Å². The summed E-state index contributed by atoms with van der Waals surface area (Å²) in [6, 6.07) is 8.51. The van der Waals surface area contributed by atoms with Crippen LogP contribution in [0.15, 0.2) is 24.3 Å². The topological polar surface area (TPSA) is 53.1 Å². The SMILES string of the molecule is CC(=O)N1CCCN(C2CCOCC2)CCCN(C(C)=O)c2ccccc2C1. The summed E-state index contributed by atoms with van der Waals surface area (Å²) in [7, 11) is 0. The summed E-state index contributed by atoms with van der Waals surface area (Å²) in [5, 5.41) is 0. The molecule has 2 amide bonds. The van der Waals surface area contributed by atoms with Crippen LogP contribution in [0.3, 0.4) is 0 Å². The molecule has 0 unspecified atom stereocenters. The molecule has 0 atom stereocenters. The summed E-state index contributed by atoms with van der Waals surface area (Å²) in [5.74, 6) is 0.135. The molecule has 6 nitrogen and oxygen atoms in total. The van der Waals surface area contributed by atoms with Gasteiger partial charge in [0.15, 0.2) is 0 Å². The van der Waals surface area contributed by atoms with Crippen LogP contribution in [0.5, 0.6) is 0 Å². The van der Waals surface area contributed by atoms with Gasteiger partial charge in [0.1, 0.15) is 0 Å².